The van der Waals surface area contributed by atoms with Gasteiger partial charge in [-0.25, -0.2) is 0 Å². The van der Waals surface area contributed by atoms with Crippen molar-refractivity contribution in [2.24, 2.45) is 16.5 Å². The molecule has 0 atom stereocenters. The maximum absolute atomic E-state index is 7.79. The fourth-order valence-electron chi connectivity index (χ4n) is 1.38. The molecule has 19 heavy (non-hydrogen) atoms. The number of nitrogens with zero attached hydrogens (tertiary/aromatic N) is 2. The molecule has 0 saturated carbocycles. The normalized spacial score (nSPS) is 9.11. The molecule has 0 radical (unpaired) electrons. The van der Waals surface area contributed by atoms with Crippen LogP contribution in [0.4, 0.5) is 0 Å². The lowest BCUT2D eigenvalue weighted by Gasteiger charge is -2.21. The largest absolute Gasteiger partial charge is 0.370 e. The molecule has 0 aliphatic heterocycles. The molecule has 0 saturated heterocycles. The molecule has 0 fully saturated rings. The molecule has 104 valence electrons. The van der Waals surface area contributed by atoms with Crippen LogP contribution in [0.1, 0.15) is 5.56 Å². The fraction of sp³-hybridized carbons (Fsp3) is 0.167. The third-order valence-electron chi connectivity index (χ3n) is 2.17. The van der Waals surface area contributed by atoms with Gasteiger partial charge < -0.3 is 16.4 Å². The van der Waals surface area contributed by atoms with Crippen LogP contribution in [0, 0.1) is 5.41 Å². The molecule has 0 unspecified atom stereocenters. The zero-order valence-electron chi connectivity index (χ0n) is 10.3. The number of nitrogens with one attached hydrogen (secondary N) is 1. The first-order valence-corrected chi connectivity index (χ1v) is 6.10. The zero-order valence-corrected chi connectivity index (χ0v) is 12.7. The smallest absolute Gasteiger partial charge is 0.221 e. The molecular weight excluding hydrogens is 330 g/mol. The number of rotatable bonds is 4. The fourth-order valence-corrected chi connectivity index (χ4v) is 1.65. The van der Waals surface area contributed by atoms with Gasteiger partial charge in [-0.15, -0.1) is 19.0 Å². The predicted octanol–water partition coefficient (Wildman–Crippen LogP) is 2.07. The van der Waals surface area contributed by atoms with Gasteiger partial charge in [-0.05, 0) is 17.7 Å². The number of guanidine groups is 2. The number of aliphatic imine (C=N–C) groups is 1. The molecule has 0 aliphatic carbocycles. The summed E-state index contributed by atoms with van der Waals surface area (Å²) >= 11 is 3.38. The van der Waals surface area contributed by atoms with Crippen LogP contribution in [0.15, 0.2) is 46.4 Å². The Morgan fingerprint density at radius 1 is 1.37 bits per heavy atom. The quantitative estimate of drug-likeness (QED) is 0.443. The summed E-state index contributed by atoms with van der Waals surface area (Å²) in [5, 5.41) is 7.79. The molecule has 0 bridgehead atoms. The summed E-state index contributed by atoms with van der Waals surface area (Å²) in [6.45, 7) is 4.72. The first-order valence-electron chi connectivity index (χ1n) is 5.31. The van der Waals surface area contributed by atoms with Crippen molar-refractivity contribution in [3.05, 3.63) is 47.0 Å². The second-order valence-electron chi connectivity index (χ2n) is 3.66. The van der Waals surface area contributed by atoms with Crippen molar-refractivity contribution in [3.8, 4) is 0 Å². The predicted molar refractivity (Wildman–Crippen MR) is 85.5 cm³/mol. The van der Waals surface area contributed by atoms with Crippen LogP contribution >= 0.6 is 28.3 Å². The highest BCUT2D eigenvalue weighted by Crippen LogP contribution is 2.12. The second-order valence-corrected chi connectivity index (χ2v) is 4.57. The second kappa shape index (κ2) is 8.55. The summed E-state index contributed by atoms with van der Waals surface area (Å²) < 4.78 is 1.01. The van der Waals surface area contributed by atoms with Crippen molar-refractivity contribution in [3.63, 3.8) is 0 Å². The summed E-state index contributed by atoms with van der Waals surface area (Å²) in [4.78, 5) is 5.45. The average Bonchev–Trinajstić information content (AvgIpc) is 2.30. The van der Waals surface area contributed by atoms with E-state index in [0.29, 0.717) is 13.1 Å². The summed E-state index contributed by atoms with van der Waals surface area (Å²) in [7, 11) is 0. The van der Waals surface area contributed by atoms with Crippen LogP contribution in [-0.4, -0.2) is 23.4 Å². The number of hydrogen-bond donors (Lipinski definition) is 3. The SMILES string of the molecule is C=CCN(Cc1ccc(Br)cc1)C(=N)N=C(N)N.Cl. The van der Waals surface area contributed by atoms with Crippen molar-refractivity contribution >= 4 is 40.3 Å². The Labute approximate surface area is 127 Å². The molecule has 5 N–H and O–H groups in total. The molecule has 0 spiro atoms. The molecule has 5 nitrogen and oxygen atoms in total. The lowest BCUT2D eigenvalue weighted by atomic mass is 10.2. The topological polar surface area (TPSA) is 91.5 Å². The lowest BCUT2D eigenvalue weighted by Crippen LogP contribution is -2.33. The van der Waals surface area contributed by atoms with E-state index in [1.165, 1.54) is 0 Å². The minimum absolute atomic E-state index is 0. The highest BCUT2D eigenvalue weighted by atomic mass is 79.9. The first-order chi connectivity index (χ1) is 8.52. The van der Waals surface area contributed by atoms with Gasteiger partial charge in [0.05, 0.1) is 0 Å². The van der Waals surface area contributed by atoms with Crippen LogP contribution in [-0.2, 0) is 6.54 Å². The summed E-state index contributed by atoms with van der Waals surface area (Å²) in [5.41, 5.74) is 11.6. The van der Waals surface area contributed by atoms with Crippen LogP contribution < -0.4 is 11.5 Å². The van der Waals surface area contributed by atoms with Crippen molar-refractivity contribution < 1.29 is 0 Å². The van der Waals surface area contributed by atoms with Gasteiger partial charge in [0, 0.05) is 17.6 Å². The minimum atomic E-state index is -0.120. The molecule has 1 rings (SSSR count). The van der Waals surface area contributed by atoms with Gasteiger partial charge in [0.2, 0.25) is 5.96 Å². The number of benzene rings is 1. The van der Waals surface area contributed by atoms with Crippen molar-refractivity contribution in [1.82, 2.24) is 4.90 Å². The highest BCUT2D eigenvalue weighted by molar-refractivity contribution is 9.10. The minimum Gasteiger partial charge on any atom is -0.370 e. The summed E-state index contributed by atoms with van der Waals surface area (Å²) in [6, 6.07) is 7.85. The molecule has 0 aliphatic rings. The standard InChI is InChI=1S/C12H16BrN5.ClH/c1-2-7-18(12(16)17-11(14)15)8-9-3-5-10(13)6-4-9;/h2-6H,1,7-8H2,(H5,14,15,16,17);1H. The summed E-state index contributed by atoms with van der Waals surface area (Å²) in [6.07, 6.45) is 1.70. The molecule has 0 amide bonds. The van der Waals surface area contributed by atoms with Crippen LogP contribution in [0.2, 0.25) is 0 Å². The van der Waals surface area contributed by atoms with Gasteiger partial charge in [-0.3, -0.25) is 5.41 Å². The zero-order chi connectivity index (χ0) is 13.5. The number of hydrogen-bond acceptors (Lipinski definition) is 1. The Morgan fingerprint density at radius 2 is 1.95 bits per heavy atom. The maximum Gasteiger partial charge on any atom is 0.221 e. The Balaban J connectivity index is 0.00000324. The summed E-state index contributed by atoms with van der Waals surface area (Å²) in [5.74, 6) is -0.0947. The Hall–Kier alpha value is -1.53. The van der Waals surface area contributed by atoms with Gasteiger partial charge in [-0.2, -0.15) is 4.99 Å². The van der Waals surface area contributed by atoms with E-state index in [0.717, 1.165) is 10.0 Å². The Morgan fingerprint density at radius 3 is 2.42 bits per heavy atom. The maximum atomic E-state index is 7.79. The van der Waals surface area contributed by atoms with E-state index < -0.39 is 0 Å². The van der Waals surface area contributed by atoms with Gasteiger partial charge in [0.15, 0.2) is 5.96 Å². The third-order valence-corrected chi connectivity index (χ3v) is 2.70. The van der Waals surface area contributed by atoms with Crippen molar-refractivity contribution in [2.45, 2.75) is 6.54 Å². The third kappa shape index (κ3) is 6.26. The van der Waals surface area contributed by atoms with E-state index in [4.69, 9.17) is 16.9 Å². The van der Waals surface area contributed by atoms with Gasteiger partial charge in [0.25, 0.3) is 0 Å². The molecule has 1 aromatic rings. The lowest BCUT2D eigenvalue weighted by molar-refractivity contribution is 0.448. The van der Waals surface area contributed by atoms with Crippen molar-refractivity contribution in [1.29, 1.82) is 5.41 Å². The van der Waals surface area contributed by atoms with Gasteiger partial charge in [-0.1, -0.05) is 34.1 Å². The van der Waals surface area contributed by atoms with E-state index in [-0.39, 0.29) is 24.3 Å². The molecule has 1 aromatic carbocycles. The molecular formula is C12H17BrClN5. The van der Waals surface area contributed by atoms with E-state index in [2.05, 4.69) is 27.5 Å². The van der Waals surface area contributed by atoms with E-state index in [9.17, 15) is 0 Å². The highest BCUT2D eigenvalue weighted by Gasteiger charge is 2.08. The number of halogens is 2. The average molecular weight is 347 g/mol. The van der Waals surface area contributed by atoms with Gasteiger partial charge in [0.1, 0.15) is 0 Å². The molecule has 0 aromatic heterocycles. The van der Waals surface area contributed by atoms with Crippen LogP contribution in [0.5, 0.6) is 0 Å². The monoisotopic (exact) mass is 345 g/mol. The van der Waals surface area contributed by atoms with Crippen LogP contribution in [0.3, 0.4) is 0 Å². The van der Waals surface area contributed by atoms with Gasteiger partial charge >= 0.3 is 0 Å². The van der Waals surface area contributed by atoms with E-state index >= 15 is 0 Å². The first kappa shape index (κ1) is 17.5. The van der Waals surface area contributed by atoms with Crippen molar-refractivity contribution in [2.75, 3.05) is 6.54 Å². The van der Waals surface area contributed by atoms with E-state index in [1.54, 1.807) is 11.0 Å². The molecule has 0 heterocycles. The number of nitrogens with two attached hydrogens (primary N) is 2. The van der Waals surface area contributed by atoms with Crippen LogP contribution in [0.25, 0.3) is 0 Å². The Bertz CT molecular complexity index is 454. The Kier molecular flexibility index (Phi) is 7.86. The van der Waals surface area contributed by atoms with E-state index in [1.807, 2.05) is 24.3 Å². The molecule has 7 heteroatoms.